The van der Waals surface area contributed by atoms with Crippen molar-refractivity contribution in [1.82, 2.24) is 14.9 Å². The molecule has 2 heterocycles. The lowest BCUT2D eigenvalue weighted by Gasteiger charge is -2.06. The Kier molecular flexibility index (Phi) is 3.62. The Morgan fingerprint density at radius 2 is 2.00 bits per heavy atom. The van der Waals surface area contributed by atoms with Crippen LogP contribution in [0.5, 0.6) is 0 Å². The lowest BCUT2D eigenvalue weighted by Crippen LogP contribution is -2.24. The number of hydrogen-bond acceptors (Lipinski definition) is 2. The Labute approximate surface area is 127 Å². The number of hydrogen-bond donors (Lipinski definition) is 1. The van der Waals surface area contributed by atoms with Gasteiger partial charge in [0.25, 0.3) is 5.91 Å². The summed E-state index contributed by atoms with van der Waals surface area (Å²) in [6.07, 6.45) is 3.42. The number of nitrogens with zero attached hydrogens (tertiary/aromatic N) is 2. The van der Waals surface area contributed by atoms with Gasteiger partial charge in [0.05, 0.1) is 0 Å². The van der Waals surface area contributed by atoms with Gasteiger partial charge in [-0.25, -0.2) is 0 Å². The van der Waals surface area contributed by atoms with Crippen molar-refractivity contribution in [2.75, 3.05) is 0 Å². The van der Waals surface area contributed by atoms with E-state index in [1.54, 1.807) is 12.4 Å². The summed E-state index contributed by atoms with van der Waals surface area (Å²) in [6.45, 7) is 0.476. The molecule has 0 aliphatic heterocycles. The van der Waals surface area contributed by atoms with Gasteiger partial charge in [-0.1, -0.05) is 11.6 Å². The Bertz CT molecular complexity index is 796. The molecular formula is C16H14ClN3O. The molecule has 0 radical (unpaired) electrons. The third-order valence-electron chi connectivity index (χ3n) is 3.44. The van der Waals surface area contributed by atoms with Crippen molar-refractivity contribution in [1.29, 1.82) is 0 Å². The van der Waals surface area contributed by atoms with E-state index in [2.05, 4.69) is 10.3 Å². The molecule has 0 spiro atoms. The molecule has 0 saturated carbocycles. The molecule has 0 bridgehead atoms. The topological polar surface area (TPSA) is 46.9 Å². The second kappa shape index (κ2) is 5.58. The second-order valence-electron chi connectivity index (χ2n) is 4.83. The Morgan fingerprint density at radius 3 is 2.76 bits per heavy atom. The molecule has 5 heteroatoms. The molecule has 3 rings (SSSR count). The van der Waals surface area contributed by atoms with Crippen LogP contribution in [0, 0.1) is 0 Å². The first-order valence-electron chi connectivity index (χ1n) is 6.57. The normalized spacial score (nSPS) is 10.8. The zero-order chi connectivity index (χ0) is 14.8. The molecule has 0 fully saturated rings. The standard InChI is InChI=1S/C16H14ClN3O/c1-20-14-3-2-13(17)8-12(14)9-15(20)16(21)19-10-11-4-6-18-7-5-11/h2-9H,10H2,1H3,(H,19,21). The summed E-state index contributed by atoms with van der Waals surface area (Å²) in [5, 5.41) is 4.53. The van der Waals surface area contributed by atoms with Crippen molar-refractivity contribution in [3.8, 4) is 0 Å². The molecule has 1 amide bonds. The molecule has 1 aromatic carbocycles. The average molecular weight is 300 g/mol. The van der Waals surface area contributed by atoms with Crippen molar-refractivity contribution < 1.29 is 4.79 Å². The number of carbonyl (C=O) groups excluding carboxylic acids is 1. The molecule has 106 valence electrons. The van der Waals surface area contributed by atoms with Gasteiger partial charge < -0.3 is 9.88 Å². The molecule has 4 nitrogen and oxygen atoms in total. The van der Waals surface area contributed by atoms with Gasteiger partial charge in [0.1, 0.15) is 5.69 Å². The van der Waals surface area contributed by atoms with E-state index in [0.29, 0.717) is 17.3 Å². The first-order chi connectivity index (χ1) is 10.1. The zero-order valence-electron chi connectivity index (χ0n) is 11.5. The van der Waals surface area contributed by atoms with Crippen LogP contribution in [0.3, 0.4) is 0 Å². The summed E-state index contributed by atoms with van der Waals surface area (Å²) in [5.74, 6) is -0.110. The Hall–Kier alpha value is -2.33. The smallest absolute Gasteiger partial charge is 0.268 e. The van der Waals surface area contributed by atoms with E-state index in [4.69, 9.17) is 11.6 Å². The van der Waals surface area contributed by atoms with Gasteiger partial charge in [0.2, 0.25) is 0 Å². The lowest BCUT2D eigenvalue weighted by molar-refractivity contribution is 0.0943. The summed E-state index contributed by atoms with van der Waals surface area (Å²) in [4.78, 5) is 16.3. The second-order valence-corrected chi connectivity index (χ2v) is 5.27. The number of rotatable bonds is 3. The van der Waals surface area contributed by atoms with E-state index in [9.17, 15) is 4.79 Å². The van der Waals surface area contributed by atoms with Gasteiger partial charge in [-0.15, -0.1) is 0 Å². The average Bonchev–Trinajstić information content (AvgIpc) is 2.82. The molecule has 2 aromatic heterocycles. The highest BCUT2D eigenvalue weighted by Gasteiger charge is 2.13. The van der Waals surface area contributed by atoms with Gasteiger partial charge in [0, 0.05) is 41.9 Å². The van der Waals surface area contributed by atoms with Crippen LogP contribution in [0.4, 0.5) is 0 Å². The van der Waals surface area contributed by atoms with Crippen LogP contribution >= 0.6 is 11.6 Å². The third-order valence-corrected chi connectivity index (χ3v) is 3.67. The molecule has 0 unspecified atom stereocenters. The van der Waals surface area contributed by atoms with Gasteiger partial charge in [0.15, 0.2) is 0 Å². The van der Waals surface area contributed by atoms with Crippen LogP contribution in [0.15, 0.2) is 48.8 Å². The number of nitrogens with one attached hydrogen (secondary N) is 1. The first kappa shape index (κ1) is 13.6. The van der Waals surface area contributed by atoms with Crippen molar-refractivity contribution in [3.05, 3.63) is 65.1 Å². The Morgan fingerprint density at radius 1 is 1.24 bits per heavy atom. The number of aryl methyl sites for hydroxylation is 1. The molecule has 0 aliphatic rings. The van der Waals surface area contributed by atoms with E-state index in [1.807, 2.05) is 48.0 Å². The lowest BCUT2D eigenvalue weighted by atomic mass is 10.2. The van der Waals surface area contributed by atoms with E-state index >= 15 is 0 Å². The minimum absolute atomic E-state index is 0.110. The molecule has 0 saturated heterocycles. The highest BCUT2D eigenvalue weighted by atomic mass is 35.5. The van der Waals surface area contributed by atoms with Crippen molar-refractivity contribution in [2.24, 2.45) is 7.05 Å². The Balaban J connectivity index is 1.83. The van der Waals surface area contributed by atoms with Gasteiger partial charge >= 0.3 is 0 Å². The zero-order valence-corrected chi connectivity index (χ0v) is 12.3. The number of carbonyl (C=O) groups is 1. The largest absolute Gasteiger partial charge is 0.347 e. The summed E-state index contributed by atoms with van der Waals surface area (Å²) < 4.78 is 1.87. The minimum atomic E-state index is -0.110. The summed E-state index contributed by atoms with van der Waals surface area (Å²) in [5.41, 5.74) is 2.61. The van der Waals surface area contributed by atoms with Crippen LogP contribution in [-0.2, 0) is 13.6 Å². The maximum atomic E-state index is 12.3. The molecule has 0 atom stereocenters. The number of halogens is 1. The van der Waals surface area contributed by atoms with Crippen LogP contribution in [0.2, 0.25) is 5.02 Å². The monoisotopic (exact) mass is 299 g/mol. The number of amides is 1. The van der Waals surface area contributed by atoms with Crippen molar-refractivity contribution >= 4 is 28.4 Å². The summed E-state index contributed by atoms with van der Waals surface area (Å²) in [7, 11) is 1.87. The number of fused-ring (bicyclic) bond motifs is 1. The van der Waals surface area contributed by atoms with E-state index in [0.717, 1.165) is 16.5 Å². The fourth-order valence-corrected chi connectivity index (χ4v) is 2.49. The molecule has 1 N–H and O–H groups in total. The first-order valence-corrected chi connectivity index (χ1v) is 6.95. The summed E-state index contributed by atoms with van der Waals surface area (Å²) >= 11 is 5.99. The highest BCUT2D eigenvalue weighted by Crippen LogP contribution is 2.22. The van der Waals surface area contributed by atoms with E-state index in [-0.39, 0.29) is 5.91 Å². The SMILES string of the molecule is Cn1c(C(=O)NCc2ccncc2)cc2cc(Cl)ccc21. The van der Waals surface area contributed by atoms with Gasteiger partial charge in [-0.3, -0.25) is 9.78 Å². The maximum absolute atomic E-state index is 12.3. The maximum Gasteiger partial charge on any atom is 0.268 e. The van der Waals surface area contributed by atoms with E-state index < -0.39 is 0 Å². The molecule has 0 aliphatic carbocycles. The molecule has 3 aromatic rings. The summed E-state index contributed by atoms with van der Waals surface area (Å²) in [6, 6.07) is 11.2. The van der Waals surface area contributed by atoms with Crippen LogP contribution in [0.25, 0.3) is 10.9 Å². The number of pyridine rings is 1. The van der Waals surface area contributed by atoms with E-state index in [1.165, 1.54) is 0 Å². The van der Waals surface area contributed by atoms with Gasteiger partial charge in [-0.2, -0.15) is 0 Å². The van der Waals surface area contributed by atoms with Crippen LogP contribution in [-0.4, -0.2) is 15.5 Å². The van der Waals surface area contributed by atoms with Crippen molar-refractivity contribution in [3.63, 3.8) is 0 Å². The van der Waals surface area contributed by atoms with Crippen LogP contribution in [0.1, 0.15) is 16.1 Å². The van der Waals surface area contributed by atoms with Crippen molar-refractivity contribution in [2.45, 2.75) is 6.54 Å². The fraction of sp³-hybridized carbons (Fsp3) is 0.125. The number of aromatic nitrogens is 2. The third kappa shape index (κ3) is 2.76. The fourth-order valence-electron chi connectivity index (χ4n) is 2.31. The predicted octanol–water partition coefficient (Wildman–Crippen LogP) is 3.16. The predicted molar refractivity (Wildman–Crippen MR) is 83.3 cm³/mol. The molecule has 21 heavy (non-hydrogen) atoms. The minimum Gasteiger partial charge on any atom is -0.347 e. The van der Waals surface area contributed by atoms with Gasteiger partial charge in [-0.05, 0) is 42.0 Å². The quantitative estimate of drug-likeness (QED) is 0.807. The highest BCUT2D eigenvalue weighted by molar-refractivity contribution is 6.31. The molecular weight excluding hydrogens is 286 g/mol. The van der Waals surface area contributed by atoms with Crippen LogP contribution < -0.4 is 5.32 Å². The number of benzene rings is 1.